The summed E-state index contributed by atoms with van der Waals surface area (Å²) < 4.78 is 118. The first-order valence-electron chi connectivity index (χ1n) is 12.4. The topological polar surface area (TPSA) is 114 Å². The molecule has 2 saturated heterocycles. The van der Waals surface area contributed by atoms with Gasteiger partial charge >= 0.3 is 66.0 Å². The van der Waals surface area contributed by atoms with E-state index in [-0.39, 0.29) is 50.6 Å². The fourth-order valence-corrected chi connectivity index (χ4v) is 3.37. The molecular weight excluding hydrogens is 772 g/mol. The molecule has 0 saturated carbocycles. The zero-order chi connectivity index (χ0) is 32.5. The van der Waals surface area contributed by atoms with Gasteiger partial charge in [-0.25, -0.2) is 0 Å². The molecule has 0 aromatic rings. The van der Waals surface area contributed by atoms with Crippen LogP contribution in [-0.4, -0.2) is 166 Å². The standard InChI is InChI=1S/2C10H23N3.2F6P.2Mn.3H2O/c2*1-10-9-12(3)6-5-11(2)7-8-13(10)4;2*1-7(2,3,4,5)6;;;;;/h2*10H,5-9H2,1-4H3;;;;;3*1H2/q;;2*-1;;;;;. The SMILES string of the molecule is CC1CN(C)CCN(C)CCN1C.CC1CN(C)CCN(C)CCN1C.F[P-](F)(F)(F)(F)F.F[P-](F)(F)(F)(F)F.O.O.O.[Mn].[Mn]. The zero-order valence-electron chi connectivity index (χ0n) is 26.6. The Kier molecular flexibility index (Phi) is 27.6. The van der Waals surface area contributed by atoms with Crippen LogP contribution in [-0.2, 0) is 34.1 Å². The van der Waals surface area contributed by atoms with Gasteiger partial charge in [0.25, 0.3) is 0 Å². The smallest absolute Gasteiger partial charge is 0 e. The van der Waals surface area contributed by atoms with E-state index in [1.807, 2.05) is 0 Å². The molecule has 2 radical (unpaired) electrons. The van der Waals surface area contributed by atoms with Crippen molar-refractivity contribution in [3.8, 4) is 0 Å². The quantitative estimate of drug-likeness (QED) is 0.200. The van der Waals surface area contributed by atoms with E-state index in [1.165, 1.54) is 65.4 Å². The van der Waals surface area contributed by atoms with Crippen molar-refractivity contribution in [3.63, 3.8) is 0 Å². The van der Waals surface area contributed by atoms with Gasteiger partial charge in [-0.3, -0.25) is 0 Å². The van der Waals surface area contributed by atoms with Crippen LogP contribution in [0, 0.1) is 0 Å². The van der Waals surface area contributed by atoms with Gasteiger partial charge in [-0.05, 0) is 56.1 Å². The predicted molar refractivity (Wildman–Crippen MR) is 152 cm³/mol. The Morgan fingerprint density at radius 3 is 0.733 bits per heavy atom. The molecule has 25 heteroatoms. The molecule has 2 unspecified atom stereocenters. The van der Waals surface area contributed by atoms with Crippen LogP contribution >= 0.6 is 15.6 Å². The Balaban J connectivity index is -0.0000000857. The first-order valence-corrected chi connectivity index (χ1v) is 16.4. The van der Waals surface area contributed by atoms with Gasteiger partial charge < -0.3 is 45.8 Å². The number of nitrogens with zero attached hydrogens (tertiary/aromatic N) is 6. The molecule has 45 heavy (non-hydrogen) atoms. The van der Waals surface area contributed by atoms with Crippen molar-refractivity contribution >= 4 is 15.6 Å². The van der Waals surface area contributed by atoms with Crippen LogP contribution in [0.4, 0.5) is 50.4 Å². The Morgan fingerprint density at radius 1 is 0.378 bits per heavy atom. The van der Waals surface area contributed by atoms with Crippen molar-refractivity contribution in [2.24, 2.45) is 0 Å². The van der Waals surface area contributed by atoms with Crippen molar-refractivity contribution in [2.45, 2.75) is 25.9 Å². The molecule has 0 aliphatic carbocycles. The number of hydrogen-bond donors (Lipinski definition) is 0. The van der Waals surface area contributed by atoms with E-state index in [4.69, 9.17) is 0 Å². The van der Waals surface area contributed by atoms with Gasteiger partial charge in [0.05, 0.1) is 0 Å². The summed E-state index contributed by atoms with van der Waals surface area (Å²) in [4.78, 5) is 14.5. The molecule has 0 amide bonds. The van der Waals surface area contributed by atoms with Gasteiger partial charge in [-0.15, -0.1) is 0 Å². The van der Waals surface area contributed by atoms with E-state index in [9.17, 15) is 50.4 Å². The predicted octanol–water partition coefficient (Wildman–Crippen LogP) is 4.65. The van der Waals surface area contributed by atoms with E-state index >= 15 is 0 Å². The molecule has 0 aromatic carbocycles. The third kappa shape index (κ3) is 60.5. The van der Waals surface area contributed by atoms with Crippen molar-refractivity contribution in [1.29, 1.82) is 0 Å². The molecule has 9 nitrogen and oxygen atoms in total. The monoisotopic (exact) mass is 824 g/mol. The summed E-state index contributed by atoms with van der Waals surface area (Å²) in [5.41, 5.74) is 0. The minimum atomic E-state index is -10.7. The summed E-state index contributed by atoms with van der Waals surface area (Å²) >= 11 is 0. The number of halogens is 12. The molecule has 290 valence electrons. The van der Waals surface area contributed by atoms with Crippen molar-refractivity contribution in [2.75, 3.05) is 108 Å². The van der Waals surface area contributed by atoms with Gasteiger partial charge in [0, 0.05) is 112 Å². The molecule has 0 aromatic heterocycles. The Morgan fingerprint density at radius 2 is 0.533 bits per heavy atom. The van der Waals surface area contributed by atoms with Gasteiger partial charge in [-0.2, -0.15) is 0 Å². The van der Waals surface area contributed by atoms with Gasteiger partial charge in [0.2, 0.25) is 0 Å². The fraction of sp³-hybridized carbons (Fsp3) is 1.00. The maximum absolute atomic E-state index is 10.7. The van der Waals surface area contributed by atoms with E-state index in [0.717, 1.165) is 0 Å². The molecule has 2 heterocycles. The molecule has 2 atom stereocenters. The third-order valence-corrected chi connectivity index (χ3v) is 6.05. The van der Waals surface area contributed by atoms with Crippen molar-refractivity contribution in [3.05, 3.63) is 0 Å². The van der Waals surface area contributed by atoms with Crippen LogP contribution in [0.5, 0.6) is 0 Å². The summed E-state index contributed by atoms with van der Waals surface area (Å²) in [5.74, 6) is 0. The van der Waals surface area contributed by atoms with Crippen LogP contribution in [0.3, 0.4) is 0 Å². The number of rotatable bonds is 0. The average Bonchev–Trinajstić information content (AvgIpc) is 2.75. The summed E-state index contributed by atoms with van der Waals surface area (Å²) in [6, 6.07) is 1.35. The van der Waals surface area contributed by atoms with E-state index in [2.05, 4.69) is 85.5 Å². The maximum atomic E-state index is 9.87. The van der Waals surface area contributed by atoms with Crippen LogP contribution in [0.15, 0.2) is 0 Å². The first-order chi connectivity index (χ1) is 17.1. The normalized spacial score (nSPS) is 25.1. The summed E-state index contributed by atoms with van der Waals surface area (Å²) in [7, 11) is -8.04. The van der Waals surface area contributed by atoms with Crippen LogP contribution in [0.2, 0.25) is 0 Å². The Labute approximate surface area is 279 Å². The van der Waals surface area contributed by atoms with Crippen molar-refractivity contribution < 1.29 is 101 Å². The first kappa shape index (κ1) is 61.0. The molecule has 2 aliphatic heterocycles. The molecular formula is C20H52F12Mn2N6O3P2-2. The van der Waals surface area contributed by atoms with E-state index in [0.29, 0.717) is 12.1 Å². The molecule has 2 fully saturated rings. The minimum Gasteiger partial charge on any atom is -0.412 e. The zero-order valence-corrected chi connectivity index (χ0v) is 30.7. The van der Waals surface area contributed by atoms with Gasteiger partial charge in [0.15, 0.2) is 0 Å². The van der Waals surface area contributed by atoms with E-state index in [1.54, 1.807) is 0 Å². The fourth-order valence-electron chi connectivity index (χ4n) is 3.37. The Bertz CT molecular complexity index is 680. The summed E-state index contributed by atoms with van der Waals surface area (Å²) in [6.45, 7) is 16.5. The minimum absolute atomic E-state index is 0. The third-order valence-electron chi connectivity index (χ3n) is 6.05. The second kappa shape index (κ2) is 20.4. The second-order valence-corrected chi connectivity index (χ2v) is 14.5. The molecule has 0 spiro atoms. The van der Waals surface area contributed by atoms with E-state index < -0.39 is 15.6 Å². The van der Waals surface area contributed by atoms with Crippen LogP contribution in [0.25, 0.3) is 0 Å². The number of hydrogen-bond acceptors (Lipinski definition) is 6. The summed E-state index contributed by atoms with van der Waals surface area (Å²) in [6.07, 6.45) is 0. The largest absolute Gasteiger partial charge is 0.412 e. The Hall–Kier alpha value is 0.699. The van der Waals surface area contributed by atoms with Gasteiger partial charge in [0.1, 0.15) is 0 Å². The summed E-state index contributed by atoms with van der Waals surface area (Å²) in [5, 5.41) is 0. The molecule has 6 N–H and O–H groups in total. The second-order valence-electron chi connectivity index (χ2n) is 10.7. The van der Waals surface area contributed by atoms with Crippen LogP contribution in [0.1, 0.15) is 13.8 Å². The van der Waals surface area contributed by atoms with Crippen molar-refractivity contribution in [1.82, 2.24) is 29.4 Å². The van der Waals surface area contributed by atoms with Crippen LogP contribution < -0.4 is 0 Å². The number of likely N-dealkylation sites (N-methyl/N-ethyl adjacent to an activating group) is 6. The maximum Gasteiger partial charge on any atom is 0 e. The average molecular weight is 824 g/mol. The van der Waals surface area contributed by atoms with Gasteiger partial charge in [-0.1, -0.05) is 0 Å². The molecule has 0 bridgehead atoms. The molecule has 2 aliphatic rings. The molecule has 2 rings (SSSR count).